The van der Waals surface area contributed by atoms with Crippen LogP contribution in [0.15, 0.2) is 24.3 Å². The molecule has 4 heteroatoms. The van der Waals surface area contributed by atoms with Crippen LogP contribution in [-0.4, -0.2) is 23.3 Å². The predicted octanol–water partition coefficient (Wildman–Crippen LogP) is 2.94. The van der Waals surface area contributed by atoms with Crippen molar-refractivity contribution in [3.63, 3.8) is 0 Å². The number of para-hydroxylation sites is 1. The van der Waals surface area contributed by atoms with Gasteiger partial charge >= 0.3 is 0 Å². The summed E-state index contributed by atoms with van der Waals surface area (Å²) in [6.07, 6.45) is 5.03. The van der Waals surface area contributed by atoms with Gasteiger partial charge in [-0.2, -0.15) is 0 Å². The quantitative estimate of drug-likeness (QED) is 0.908. The number of hydrogen-bond acceptors (Lipinski definition) is 2. The van der Waals surface area contributed by atoms with Crippen molar-refractivity contribution < 1.29 is 9.59 Å². The summed E-state index contributed by atoms with van der Waals surface area (Å²) in [6, 6.07) is 7.73. The molecule has 0 bridgehead atoms. The third-order valence-electron chi connectivity index (χ3n) is 4.97. The highest BCUT2D eigenvalue weighted by Gasteiger charge is 2.42. The molecule has 21 heavy (non-hydrogen) atoms. The van der Waals surface area contributed by atoms with Gasteiger partial charge in [-0.15, -0.1) is 0 Å². The number of nitrogens with one attached hydrogen (secondary N) is 1. The summed E-state index contributed by atoms with van der Waals surface area (Å²) in [7, 11) is 0. The summed E-state index contributed by atoms with van der Waals surface area (Å²) >= 11 is 0. The van der Waals surface area contributed by atoms with Gasteiger partial charge in [-0.25, -0.2) is 0 Å². The molecule has 2 aliphatic rings. The van der Waals surface area contributed by atoms with Gasteiger partial charge in [0.2, 0.25) is 11.8 Å². The first kappa shape index (κ1) is 14.1. The fourth-order valence-electron chi connectivity index (χ4n) is 3.65. The second kappa shape index (κ2) is 5.51. The summed E-state index contributed by atoms with van der Waals surface area (Å²) < 4.78 is 0. The summed E-state index contributed by atoms with van der Waals surface area (Å²) in [5.41, 5.74) is 1.61. The van der Waals surface area contributed by atoms with E-state index in [0.29, 0.717) is 6.54 Å². The first-order chi connectivity index (χ1) is 10.1. The number of rotatable bonds is 2. The van der Waals surface area contributed by atoms with E-state index in [-0.39, 0.29) is 23.8 Å². The molecule has 1 aromatic rings. The number of benzene rings is 1. The van der Waals surface area contributed by atoms with Gasteiger partial charge in [0, 0.05) is 17.6 Å². The highest BCUT2D eigenvalue weighted by molar-refractivity contribution is 5.97. The molecule has 0 aromatic heterocycles. The highest BCUT2D eigenvalue weighted by atomic mass is 16.2. The van der Waals surface area contributed by atoms with E-state index in [1.54, 1.807) is 4.90 Å². The molecule has 0 unspecified atom stereocenters. The van der Waals surface area contributed by atoms with Gasteiger partial charge in [0.15, 0.2) is 0 Å². The zero-order chi connectivity index (χ0) is 14.9. The predicted molar refractivity (Wildman–Crippen MR) is 81.7 cm³/mol. The van der Waals surface area contributed by atoms with Gasteiger partial charge in [-0.3, -0.25) is 9.59 Å². The van der Waals surface area contributed by atoms with Gasteiger partial charge in [0.1, 0.15) is 6.54 Å². The van der Waals surface area contributed by atoms with Crippen molar-refractivity contribution in [2.24, 2.45) is 5.41 Å². The molecule has 1 saturated carbocycles. The molecule has 0 radical (unpaired) electrons. The summed E-state index contributed by atoms with van der Waals surface area (Å²) in [5, 5.41) is 2.90. The van der Waals surface area contributed by atoms with Gasteiger partial charge < -0.3 is 10.2 Å². The van der Waals surface area contributed by atoms with Gasteiger partial charge in [-0.1, -0.05) is 38.0 Å². The number of carbonyl (C=O) groups excluding carboxylic acids is 2. The standard InChI is InChI=1S/C17H22N2O2/c1-2-17(9-5-6-10-17)16(21)19-11-13-7-3-4-8-14(13)18-15(20)12-19/h3-4,7-8H,2,5-6,9-12H2,1H3,(H,18,20). The highest BCUT2D eigenvalue weighted by Crippen LogP contribution is 2.43. The van der Waals surface area contributed by atoms with Crippen LogP contribution in [0, 0.1) is 5.41 Å². The topological polar surface area (TPSA) is 49.4 Å². The number of carbonyl (C=O) groups is 2. The fourth-order valence-corrected chi connectivity index (χ4v) is 3.65. The minimum Gasteiger partial charge on any atom is -0.328 e. The molecule has 1 aliphatic heterocycles. The Kier molecular flexibility index (Phi) is 3.70. The van der Waals surface area contributed by atoms with Gasteiger partial charge in [0.25, 0.3) is 0 Å². The van der Waals surface area contributed by atoms with Crippen molar-refractivity contribution in [2.45, 2.75) is 45.6 Å². The molecule has 1 heterocycles. The Balaban J connectivity index is 1.88. The molecule has 2 amide bonds. The Morgan fingerprint density at radius 1 is 1.24 bits per heavy atom. The lowest BCUT2D eigenvalue weighted by molar-refractivity contribution is -0.144. The average Bonchev–Trinajstić information content (AvgIpc) is 2.91. The fraction of sp³-hybridized carbons (Fsp3) is 0.529. The van der Waals surface area contributed by atoms with Crippen LogP contribution in [0.25, 0.3) is 0 Å². The van der Waals surface area contributed by atoms with Crippen LogP contribution in [-0.2, 0) is 16.1 Å². The lowest BCUT2D eigenvalue weighted by atomic mass is 9.81. The maximum absolute atomic E-state index is 13.0. The number of anilines is 1. The van der Waals surface area contributed by atoms with Crippen LogP contribution in [0.2, 0.25) is 0 Å². The van der Waals surface area contributed by atoms with Gasteiger partial charge in [-0.05, 0) is 30.9 Å². The molecule has 1 fully saturated rings. The molecule has 1 N–H and O–H groups in total. The maximum Gasteiger partial charge on any atom is 0.244 e. The zero-order valence-corrected chi connectivity index (χ0v) is 12.5. The molecule has 0 saturated heterocycles. The van der Waals surface area contributed by atoms with Crippen LogP contribution in [0.3, 0.4) is 0 Å². The molecule has 1 aromatic carbocycles. The van der Waals surface area contributed by atoms with E-state index in [0.717, 1.165) is 43.4 Å². The number of amides is 2. The van der Waals surface area contributed by atoms with E-state index in [2.05, 4.69) is 12.2 Å². The smallest absolute Gasteiger partial charge is 0.244 e. The van der Waals surface area contributed by atoms with Crippen LogP contribution in [0.1, 0.15) is 44.6 Å². The van der Waals surface area contributed by atoms with Crippen molar-refractivity contribution in [3.8, 4) is 0 Å². The lowest BCUT2D eigenvalue weighted by Gasteiger charge is -2.32. The zero-order valence-electron chi connectivity index (χ0n) is 12.5. The lowest BCUT2D eigenvalue weighted by Crippen LogP contribution is -2.44. The molecule has 4 nitrogen and oxygen atoms in total. The van der Waals surface area contributed by atoms with Gasteiger partial charge in [0.05, 0.1) is 0 Å². The van der Waals surface area contributed by atoms with E-state index in [1.165, 1.54) is 0 Å². The van der Waals surface area contributed by atoms with E-state index in [1.807, 2.05) is 24.3 Å². The third kappa shape index (κ3) is 2.55. The molecule has 0 atom stereocenters. The van der Waals surface area contributed by atoms with Crippen molar-refractivity contribution in [3.05, 3.63) is 29.8 Å². The van der Waals surface area contributed by atoms with Crippen molar-refractivity contribution >= 4 is 17.5 Å². The first-order valence-electron chi connectivity index (χ1n) is 7.82. The molecule has 0 spiro atoms. The Hall–Kier alpha value is -1.84. The molecule has 3 rings (SSSR count). The monoisotopic (exact) mass is 286 g/mol. The molecular weight excluding hydrogens is 264 g/mol. The Morgan fingerprint density at radius 2 is 1.95 bits per heavy atom. The van der Waals surface area contributed by atoms with E-state index < -0.39 is 0 Å². The van der Waals surface area contributed by atoms with Crippen LogP contribution < -0.4 is 5.32 Å². The largest absolute Gasteiger partial charge is 0.328 e. The Labute approximate surface area is 125 Å². The minimum absolute atomic E-state index is 0.0995. The summed E-state index contributed by atoms with van der Waals surface area (Å²) in [5.74, 6) is 0.0619. The molecule has 112 valence electrons. The number of fused-ring (bicyclic) bond motifs is 1. The van der Waals surface area contributed by atoms with Crippen LogP contribution in [0.4, 0.5) is 5.69 Å². The third-order valence-corrected chi connectivity index (χ3v) is 4.97. The second-order valence-electron chi connectivity index (χ2n) is 6.21. The normalized spacial score (nSPS) is 20.6. The molecule has 1 aliphatic carbocycles. The second-order valence-corrected chi connectivity index (χ2v) is 6.21. The van der Waals surface area contributed by atoms with E-state index in [4.69, 9.17) is 0 Å². The van der Waals surface area contributed by atoms with Crippen molar-refractivity contribution in [1.82, 2.24) is 4.90 Å². The SMILES string of the molecule is CCC1(C(=O)N2CC(=O)Nc3ccccc3C2)CCCC1. The van der Waals surface area contributed by atoms with Crippen molar-refractivity contribution in [1.29, 1.82) is 0 Å². The van der Waals surface area contributed by atoms with E-state index >= 15 is 0 Å². The molecular formula is C17H22N2O2. The van der Waals surface area contributed by atoms with E-state index in [9.17, 15) is 9.59 Å². The number of nitrogens with zero attached hydrogens (tertiary/aromatic N) is 1. The average molecular weight is 286 g/mol. The first-order valence-corrected chi connectivity index (χ1v) is 7.82. The van der Waals surface area contributed by atoms with Crippen molar-refractivity contribution in [2.75, 3.05) is 11.9 Å². The van der Waals surface area contributed by atoms with Crippen LogP contribution >= 0.6 is 0 Å². The summed E-state index contributed by atoms with van der Waals surface area (Å²) in [4.78, 5) is 26.8. The summed E-state index contributed by atoms with van der Waals surface area (Å²) in [6.45, 7) is 2.78. The number of hydrogen-bond donors (Lipinski definition) is 1. The minimum atomic E-state index is -0.237. The van der Waals surface area contributed by atoms with Crippen LogP contribution in [0.5, 0.6) is 0 Å². The Morgan fingerprint density at radius 3 is 2.67 bits per heavy atom. The maximum atomic E-state index is 13.0. The Bertz CT molecular complexity index is 562.